The second kappa shape index (κ2) is 9.75. The summed E-state index contributed by atoms with van der Waals surface area (Å²) in [5.74, 6) is -0.138. The third-order valence-electron chi connectivity index (χ3n) is 5.24. The first-order valence-corrected chi connectivity index (χ1v) is 10.6. The van der Waals surface area contributed by atoms with Gasteiger partial charge in [0.2, 0.25) is 5.91 Å². The molecule has 1 aromatic heterocycles. The van der Waals surface area contributed by atoms with Crippen LogP contribution in [0.15, 0.2) is 54.6 Å². The first-order valence-electron chi connectivity index (χ1n) is 10.2. The predicted octanol–water partition coefficient (Wildman–Crippen LogP) is 5.32. The van der Waals surface area contributed by atoms with Crippen LogP contribution in [0.4, 0.5) is 5.69 Å². The molecule has 0 aliphatic carbocycles. The van der Waals surface area contributed by atoms with Crippen LogP contribution < -0.4 is 10.2 Å². The van der Waals surface area contributed by atoms with Crippen molar-refractivity contribution in [2.75, 3.05) is 11.9 Å². The molecule has 6 heteroatoms. The number of amides is 2. The summed E-state index contributed by atoms with van der Waals surface area (Å²) in [4.78, 5) is 30.4. The van der Waals surface area contributed by atoms with E-state index in [2.05, 4.69) is 10.3 Å². The van der Waals surface area contributed by atoms with E-state index in [-0.39, 0.29) is 11.8 Å². The number of pyridine rings is 1. The highest BCUT2D eigenvalue weighted by Crippen LogP contribution is 2.31. The van der Waals surface area contributed by atoms with Crippen LogP contribution in [0.25, 0.3) is 11.1 Å². The van der Waals surface area contributed by atoms with E-state index >= 15 is 0 Å². The van der Waals surface area contributed by atoms with Gasteiger partial charge in [-0.25, -0.2) is 0 Å². The lowest BCUT2D eigenvalue weighted by atomic mass is 10.0. The van der Waals surface area contributed by atoms with Crippen LogP contribution in [0, 0.1) is 13.8 Å². The third-order valence-corrected chi connectivity index (χ3v) is 5.54. The number of carbonyl (C=O) groups is 2. The van der Waals surface area contributed by atoms with E-state index in [0.29, 0.717) is 29.2 Å². The SMILES string of the molecule is CCC(=O)N(C)c1ccc(-c2ccc(C(=O)NCc3ccc(C)nc3C)cc2)cc1Cl. The van der Waals surface area contributed by atoms with Crippen molar-refractivity contribution >= 4 is 29.1 Å². The average Bonchev–Trinajstić information content (AvgIpc) is 2.77. The Morgan fingerprint density at radius 2 is 1.68 bits per heavy atom. The van der Waals surface area contributed by atoms with Gasteiger partial charge in [-0.05, 0) is 60.9 Å². The number of rotatable bonds is 6. The monoisotopic (exact) mass is 435 g/mol. The van der Waals surface area contributed by atoms with Crippen LogP contribution >= 0.6 is 11.6 Å². The van der Waals surface area contributed by atoms with Crippen molar-refractivity contribution in [2.45, 2.75) is 33.7 Å². The molecular formula is C25H26ClN3O2. The fraction of sp³-hybridized carbons (Fsp3) is 0.240. The molecule has 2 aromatic carbocycles. The van der Waals surface area contributed by atoms with E-state index in [4.69, 9.17) is 11.6 Å². The quantitative estimate of drug-likeness (QED) is 0.569. The van der Waals surface area contributed by atoms with Gasteiger partial charge < -0.3 is 10.2 Å². The molecule has 0 saturated carbocycles. The molecule has 3 aromatic rings. The van der Waals surface area contributed by atoms with Crippen molar-refractivity contribution in [3.05, 3.63) is 82.1 Å². The molecule has 31 heavy (non-hydrogen) atoms. The molecule has 3 rings (SSSR count). The number of halogens is 1. The third kappa shape index (κ3) is 5.30. The van der Waals surface area contributed by atoms with E-state index in [9.17, 15) is 9.59 Å². The molecular weight excluding hydrogens is 410 g/mol. The van der Waals surface area contributed by atoms with Gasteiger partial charge in [0.25, 0.3) is 5.91 Å². The Morgan fingerprint density at radius 1 is 1.00 bits per heavy atom. The fourth-order valence-corrected chi connectivity index (χ4v) is 3.63. The number of aryl methyl sites for hydroxylation is 2. The van der Waals surface area contributed by atoms with Gasteiger partial charge in [0.1, 0.15) is 0 Å². The summed E-state index contributed by atoms with van der Waals surface area (Å²) in [6.07, 6.45) is 0.415. The number of carbonyl (C=O) groups excluding carboxylic acids is 2. The van der Waals surface area contributed by atoms with Gasteiger partial charge in [0, 0.05) is 37.0 Å². The van der Waals surface area contributed by atoms with Gasteiger partial charge in [-0.3, -0.25) is 14.6 Å². The maximum Gasteiger partial charge on any atom is 0.251 e. The topological polar surface area (TPSA) is 62.3 Å². The Balaban J connectivity index is 1.70. The average molecular weight is 436 g/mol. The summed E-state index contributed by atoms with van der Waals surface area (Å²) >= 11 is 6.42. The van der Waals surface area contributed by atoms with E-state index in [1.165, 1.54) is 0 Å². The van der Waals surface area contributed by atoms with Crippen molar-refractivity contribution < 1.29 is 9.59 Å². The zero-order valence-corrected chi connectivity index (χ0v) is 19.0. The van der Waals surface area contributed by atoms with Crippen LogP contribution in [-0.2, 0) is 11.3 Å². The molecule has 0 unspecified atom stereocenters. The minimum absolute atomic E-state index is 0.00151. The van der Waals surface area contributed by atoms with Crippen molar-refractivity contribution in [2.24, 2.45) is 0 Å². The lowest BCUT2D eigenvalue weighted by Crippen LogP contribution is -2.25. The van der Waals surface area contributed by atoms with Crippen molar-refractivity contribution in [3.63, 3.8) is 0 Å². The Labute approximate surface area is 188 Å². The molecule has 0 aliphatic heterocycles. The number of nitrogens with zero attached hydrogens (tertiary/aromatic N) is 2. The molecule has 2 amide bonds. The lowest BCUT2D eigenvalue weighted by molar-refractivity contribution is -0.118. The molecule has 1 N–H and O–H groups in total. The fourth-order valence-electron chi connectivity index (χ4n) is 3.32. The molecule has 0 saturated heterocycles. The first kappa shape index (κ1) is 22.5. The smallest absolute Gasteiger partial charge is 0.251 e. The van der Waals surface area contributed by atoms with Gasteiger partial charge in [0.05, 0.1) is 10.7 Å². The summed E-state index contributed by atoms with van der Waals surface area (Å²) in [5.41, 5.74) is 5.98. The molecule has 160 valence electrons. The highest BCUT2D eigenvalue weighted by molar-refractivity contribution is 6.34. The summed E-state index contributed by atoms with van der Waals surface area (Å²) in [6.45, 7) is 6.13. The Bertz CT molecular complexity index is 1110. The Hall–Kier alpha value is -3.18. The standard InChI is InChI=1S/C25H26ClN3O2/c1-5-24(30)29(4)23-13-12-20(14-22(23)26)18-8-10-19(11-9-18)25(31)27-15-21-7-6-16(2)28-17(21)3/h6-14H,5,15H2,1-4H3,(H,27,31). The van der Waals surface area contributed by atoms with Crippen LogP contribution in [0.5, 0.6) is 0 Å². The summed E-state index contributed by atoms with van der Waals surface area (Å²) < 4.78 is 0. The highest BCUT2D eigenvalue weighted by atomic mass is 35.5. The van der Waals surface area contributed by atoms with E-state index < -0.39 is 0 Å². The predicted molar refractivity (Wildman–Crippen MR) is 125 cm³/mol. The molecule has 0 atom stereocenters. The normalized spacial score (nSPS) is 10.6. The van der Waals surface area contributed by atoms with E-state index in [1.54, 1.807) is 24.1 Å². The Kier molecular flexibility index (Phi) is 7.08. The number of hydrogen-bond donors (Lipinski definition) is 1. The number of nitrogens with one attached hydrogen (secondary N) is 1. The number of benzene rings is 2. The molecule has 5 nitrogen and oxygen atoms in total. The molecule has 0 spiro atoms. The highest BCUT2D eigenvalue weighted by Gasteiger charge is 2.13. The van der Waals surface area contributed by atoms with Crippen LogP contribution in [-0.4, -0.2) is 23.8 Å². The van der Waals surface area contributed by atoms with Crippen LogP contribution in [0.1, 0.15) is 40.7 Å². The minimum atomic E-state index is -0.139. The first-order chi connectivity index (χ1) is 14.8. The van der Waals surface area contributed by atoms with Crippen molar-refractivity contribution in [1.29, 1.82) is 0 Å². The number of hydrogen-bond acceptors (Lipinski definition) is 3. The maximum atomic E-state index is 12.5. The van der Waals surface area contributed by atoms with Gasteiger partial charge in [0.15, 0.2) is 0 Å². The minimum Gasteiger partial charge on any atom is -0.348 e. The largest absolute Gasteiger partial charge is 0.348 e. The van der Waals surface area contributed by atoms with Gasteiger partial charge in [-0.15, -0.1) is 0 Å². The second-order valence-electron chi connectivity index (χ2n) is 7.43. The zero-order valence-electron chi connectivity index (χ0n) is 18.2. The summed E-state index contributed by atoms with van der Waals surface area (Å²) in [6, 6.07) is 16.9. The van der Waals surface area contributed by atoms with Gasteiger partial charge in [-0.1, -0.05) is 42.8 Å². The summed E-state index contributed by atoms with van der Waals surface area (Å²) in [7, 11) is 1.72. The Morgan fingerprint density at radius 3 is 2.29 bits per heavy atom. The van der Waals surface area contributed by atoms with E-state index in [1.807, 2.05) is 63.2 Å². The van der Waals surface area contributed by atoms with Crippen LogP contribution in [0.3, 0.4) is 0 Å². The molecule has 0 fully saturated rings. The molecule has 0 bridgehead atoms. The maximum absolute atomic E-state index is 12.5. The van der Waals surface area contributed by atoms with Gasteiger partial charge in [-0.2, -0.15) is 0 Å². The van der Waals surface area contributed by atoms with Crippen LogP contribution in [0.2, 0.25) is 5.02 Å². The van der Waals surface area contributed by atoms with E-state index in [0.717, 1.165) is 28.1 Å². The number of anilines is 1. The summed E-state index contributed by atoms with van der Waals surface area (Å²) in [5, 5.41) is 3.45. The molecule has 0 aliphatic rings. The van der Waals surface area contributed by atoms with Crippen molar-refractivity contribution in [1.82, 2.24) is 10.3 Å². The number of aromatic nitrogens is 1. The molecule has 1 heterocycles. The lowest BCUT2D eigenvalue weighted by Gasteiger charge is -2.18. The second-order valence-corrected chi connectivity index (χ2v) is 7.84. The molecule has 0 radical (unpaired) electrons. The van der Waals surface area contributed by atoms with Crippen molar-refractivity contribution in [3.8, 4) is 11.1 Å². The van der Waals surface area contributed by atoms with Gasteiger partial charge >= 0.3 is 0 Å². The zero-order chi connectivity index (χ0) is 22.5.